The van der Waals surface area contributed by atoms with Crippen molar-refractivity contribution >= 4 is 29.1 Å². The first-order chi connectivity index (χ1) is 17.2. The number of hydrogen-bond acceptors (Lipinski definition) is 4. The molecule has 0 saturated carbocycles. The van der Waals surface area contributed by atoms with Crippen molar-refractivity contribution in [1.82, 2.24) is 4.90 Å². The summed E-state index contributed by atoms with van der Waals surface area (Å²) >= 11 is 5.97. The molecule has 1 saturated heterocycles. The molecule has 1 heterocycles. The van der Waals surface area contributed by atoms with Gasteiger partial charge in [0.25, 0.3) is 11.7 Å². The van der Waals surface area contributed by atoms with E-state index in [1.165, 1.54) is 29.2 Å². The van der Waals surface area contributed by atoms with Crippen LogP contribution in [0, 0.1) is 11.7 Å². The van der Waals surface area contributed by atoms with Crippen LogP contribution in [0.15, 0.2) is 78.4 Å². The van der Waals surface area contributed by atoms with Gasteiger partial charge in [0.1, 0.15) is 17.3 Å². The van der Waals surface area contributed by atoms with E-state index in [0.29, 0.717) is 40.8 Å². The molecule has 0 aromatic heterocycles. The molecule has 186 valence electrons. The number of aliphatic hydroxyl groups excluding tert-OH is 1. The highest BCUT2D eigenvalue weighted by Gasteiger charge is 2.45. The van der Waals surface area contributed by atoms with Crippen molar-refractivity contribution in [3.8, 4) is 5.75 Å². The summed E-state index contributed by atoms with van der Waals surface area (Å²) in [5, 5.41) is 11.9. The number of Topliss-reactive ketones (excluding diaryl/α,β-unsaturated/α-hetero) is 1. The molecular weight excluding hydrogens is 481 g/mol. The fraction of sp³-hybridized carbons (Fsp3) is 0.241. The predicted octanol–water partition coefficient (Wildman–Crippen LogP) is 6.18. The van der Waals surface area contributed by atoms with E-state index in [1.807, 2.05) is 26.0 Å². The Morgan fingerprint density at radius 3 is 2.42 bits per heavy atom. The standard InChI is InChI=1S/C29H27ClFNO4/c1-18(2)17-36-24-5-3-4-21(16-24)27(33)25-26(20-8-12-23(31)13-9-20)32(29(35)28(25)34)15-14-19-6-10-22(30)11-7-19/h3-13,16,18,26,33H,14-15,17H2,1-2H3/b27-25-. The van der Waals surface area contributed by atoms with Crippen LogP contribution in [0.4, 0.5) is 4.39 Å². The lowest BCUT2D eigenvalue weighted by atomic mass is 9.95. The van der Waals surface area contributed by atoms with Crippen LogP contribution < -0.4 is 4.74 Å². The van der Waals surface area contributed by atoms with Gasteiger partial charge in [-0.15, -0.1) is 0 Å². The monoisotopic (exact) mass is 507 g/mol. The Hall–Kier alpha value is -3.64. The minimum absolute atomic E-state index is 0.0382. The van der Waals surface area contributed by atoms with E-state index in [4.69, 9.17) is 16.3 Å². The summed E-state index contributed by atoms with van der Waals surface area (Å²) in [6, 6.07) is 18.7. The maximum atomic E-state index is 13.7. The summed E-state index contributed by atoms with van der Waals surface area (Å²) in [4.78, 5) is 27.8. The minimum Gasteiger partial charge on any atom is -0.507 e. The smallest absolute Gasteiger partial charge is 0.295 e. The summed E-state index contributed by atoms with van der Waals surface area (Å²) in [6.07, 6.45) is 0.473. The predicted molar refractivity (Wildman–Crippen MR) is 137 cm³/mol. The quantitative estimate of drug-likeness (QED) is 0.225. The van der Waals surface area contributed by atoms with Crippen LogP contribution in [-0.2, 0) is 16.0 Å². The van der Waals surface area contributed by atoms with Gasteiger partial charge in [-0.2, -0.15) is 0 Å². The van der Waals surface area contributed by atoms with Crippen LogP contribution in [0.25, 0.3) is 5.76 Å². The highest BCUT2D eigenvalue weighted by molar-refractivity contribution is 6.46. The molecule has 1 aliphatic rings. The van der Waals surface area contributed by atoms with Crippen LogP contribution in [0.1, 0.15) is 36.6 Å². The number of aliphatic hydroxyl groups is 1. The van der Waals surface area contributed by atoms with E-state index in [0.717, 1.165) is 5.56 Å². The summed E-state index contributed by atoms with van der Waals surface area (Å²) < 4.78 is 19.5. The molecular formula is C29H27ClFNO4. The highest BCUT2D eigenvalue weighted by atomic mass is 35.5. The van der Waals surface area contributed by atoms with E-state index in [1.54, 1.807) is 36.4 Å². The number of ether oxygens (including phenoxy) is 1. The third-order valence-corrected chi connectivity index (χ3v) is 6.22. The van der Waals surface area contributed by atoms with Crippen molar-refractivity contribution in [1.29, 1.82) is 0 Å². The van der Waals surface area contributed by atoms with Gasteiger partial charge in [0.15, 0.2) is 0 Å². The number of carbonyl (C=O) groups is 2. The maximum Gasteiger partial charge on any atom is 0.295 e. The molecule has 1 amide bonds. The molecule has 1 atom stereocenters. The second-order valence-electron chi connectivity index (χ2n) is 9.15. The average Bonchev–Trinajstić information content (AvgIpc) is 3.12. The van der Waals surface area contributed by atoms with Gasteiger partial charge in [0, 0.05) is 17.1 Å². The van der Waals surface area contributed by atoms with Gasteiger partial charge in [-0.05, 0) is 59.9 Å². The third-order valence-electron chi connectivity index (χ3n) is 5.97. The van der Waals surface area contributed by atoms with E-state index < -0.39 is 23.5 Å². The molecule has 1 aliphatic heterocycles. The number of ketones is 1. The molecule has 0 spiro atoms. The minimum atomic E-state index is -0.863. The number of amides is 1. The van der Waals surface area contributed by atoms with Crippen molar-refractivity contribution < 1.29 is 23.8 Å². The Labute approximate surface area is 214 Å². The second-order valence-corrected chi connectivity index (χ2v) is 9.59. The number of carbonyl (C=O) groups excluding carboxylic acids is 2. The van der Waals surface area contributed by atoms with Gasteiger partial charge in [0.05, 0.1) is 18.2 Å². The number of nitrogens with zero attached hydrogens (tertiary/aromatic N) is 1. The largest absolute Gasteiger partial charge is 0.507 e. The molecule has 0 aliphatic carbocycles. The van der Waals surface area contributed by atoms with Crippen molar-refractivity contribution in [3.05, 3.63) is 106 Å². The first kappa shape index (κ1) is 25.5. The fourth-order valence-corrected chi connectivity index (χ4v) is 4.28. The third kappa shape index (κ3) is 5.60. The van der Waals surface area contributed by atoms with E-state index in [2.05, 4.69) is 0 Å². The lowest BCUT2D eigenvalue weighted by Gasteiger charge is -2.25. The Bertz CT molecular complexity index is 1290. The Kier molecular flexibility index (Phi) is 7.75. The number of benzene rings is 3. The van der Waals surface area contributed by atoms with Crippen LogP contribution in [0.3, 0.4) is 0 Å². The molecule has 3 aromatic carbocycles. The zero-order valence-electron chi connectivity index (χ0n) is 20.1. The molecule has 36 heavy (non-hydrogen) atoms. The number of halogens is 2. The molecule has 3 aromatic rings. The number of rotatable bonds is 8. The van der Waals surface area contributed by atoms with Gasteiger partial charge in [-0.1, -0.05) is 61.8 Å². The van der Waals surface area contributed by atoms with Crippen molar-refractivity contribution in [3.63, 3.8) is 0 Å². The molecule has 7 heteroatoms. The fourth-order valence-electron chi connectivity index (χ4n) is 4.15. The van der Waals surface area contributed by atoms with Crippen LogP contribution in [0.5, 0.6) is 5.75 Å². The van der Waals surface area contributed by atoms with Gasteiger partial charge >= 0.3 is 0 Å². The maximum absolute atomic E-state index is 13.7. The molecule has 0 bridgehead atoms. The SMILES string of the molecule is CC(C)COc1cccc(/C(O)=C2/C(=O)C(=O)N(CCc3ccc(Cl)cc3)C2c2ccc(F)cc2)c1. The van der Waals surface area contributed by atoms with E-state index in [9.17, 15) is 19.1 Å². The van der Waals surface area contributed by atoms with Crippen molar-refractivity contribution in [2.45, 2.75) is 26.3 Å². The van der Waals surface area contributed by atoms with Crippen LogP contribution in [-0.4, -0.2) is 34.8 Å². The molecule has 0 radical (unpaired) electrons. The first-order valence-electron chi connectivity index (χ1n) is 11.8. The van der Waals surface area contributed by atoms with Crippen LogP contribution >= 0.6 is 11.6 Å². The van der Waals surface area contributed by atoms with Gasteiger partial charge in [0.2, 0.25) is 0 Å². The number of likely N-dealkylation sites (tertiary alicyclic amines) is 1. The molecule has 5 nitrogen and oxygen atoms in total. The average molecular weight is 508 g/mol. The first-order valence-corrected chi connectivity index (χ1v) is 12.1. The lowest BCUT2D eigenvalue weighted by molar-refractivity contribution is -0.139. The Balaban J connectivity index is 1.73. The number of hydrogen-bond donors (Lipinski definition) is 1. The second kappa shape index (κ2) is 11.0. The van der Waals surface area contributed by atoms with Crippen molar-refractivity contribution in [2.75, 3.05) is 13.2 Å². The highest BCUT2D eigenvalue weighted by Crippen LogP contribution is 2.40. The molecule has 1 unspecified atom stereocenters. The zero-order chi connectivity index (χ0) is 25.8. The van der Waals surface area contributed by atoms with E-state index in [-0.39, 0.29) is 17.9 Å². The summed E-state index contributed by atoms with van der Waals surface area (Å²) in [7, 11) is 0. The van der Waals surface area contributed by atoms with Gasteiger partial charge < -0.3 is 14.7 Å². The van der Waals surface area contributed by atoms with Crippen LogP contribution in [0.2, 0.25) is 5.02 Å². The normalized spacial score (nSPS) is 17.1. The topological polar surface area (TPSA) is 66.8 Å². The van der Waals surface area contributed by atoms with Gasteiger partial charge in [-0.25, -0.2) is 4.39 Å². The molecule has 4 rings (SSSR count). The summed E-state index contributed by atoms with van der Waals surface area (Å²) in [6.45, 7) is 4.77. The lowest BCUT2D eigenvalue weighted by Crippen LogP contribution is -2.31. The van der Waals surface area contributed by atoms with Crippen molar-refractivity contribution in [2.24, 2.45) is 5.92 Å². The molecule has 1 N–H and O–H groups in total. The molecule has 1 fully saturated rings. The Morgan fingerprint density at radius 2 is 1.75 bits per heavy atom. The van der Waals surface area contributed by atoms with Gasteiger partial charge in [-0.3, -0.25) is 9.59 Å². The Morgan fingerprint density at radius 1 is 1.06 bits per heavy atom. The summed E-state index contributed by atoms with van der Waals surface area (Å²) in [5.74, 6) is -1.38. The summed E-state index contributed by atoms with van der Waals surface area (Å²) in [5.41, 5.74) is 1.79. The zero-order valence-corrected chi connectivity index (χ0v) is 20.8. The van der Waals surface area contributed by atoms with E-state index >= 15 is 0 Å².